The SMILES string of the molecule is CC(=O)c1ccc2c(c1)[C@@H](N)C1(CCN(c3nc(C)c(-c4cccc(Cl)c4Cl)nc3CO)CC1)C2.Cc1ccc2c(c1)[C@@H](N)C1(CCN(c3nc(C)c(-c4cccc(Cl)c4Cl)nc3CO)CC1)C2.Cc1nc(N2CCC3(CC2)Cc2ccc(C(C)(C)O)cc2[C@H]3N)c(CO)nc1-c1cccc(Cl)c1Cl.Cc1nc(N2CCC3(CC2)Cc2ccc(CS(C)(=O)=O)cc2[C@H]3N)c(CO)nc1-c1cccc(Cl)c1Cl. The van der Waals surface area contributed by atoms with Crippen molar-refractivity contribution in [3.05, 3.63) is 298 Å². The summed E-state index contributed by atoms with van der Waals surface area (Å²) in [5.41, 5.74) is 49.9. The molecule has 4 aromatic heterocycles. The number of carbonyl (C=O) groups excluding carboxylic acids is 1. The van der Waals surface area contributed by atoms with Crippen molar-refractivity contribution >= 4 is 132 Å². The van der Waals surface area contributed by atoms with E-state index in [-0.39, 0.29) is 83.8 Å². The molecule has 8 heterocycles. The quantitative estimate of drug-likeness (QED) is 0.0406. The molecule has 8 aliphatic rings. The number of nitrogens with zero attached hydrogens (tertiary/aromatic N) is 12. The molecule has 20 rings (SSSR count). The van der Waals surface area contributed by atoms with Crippen molar-refractivity contribution in [3.8, 4) is 45.0 Å². The molecule has 0 saturated carbocycles. The number of carbonyl (C=O) groups is 1. The van der Waals surface area contributed by atoms with Gasteiger partial charge in [0.1, 0.15) is 22.8 Å². The predicted octanol–water partition coefficient (Wildman–Crippen LogP) is 20.7. The fourth-order valence-electron chi connectivity index (χ4n) is 22.6. The highest BCUT2D eigenvalue weighted by Gasteiger charge is 2.52. The Bertz CT molecular complexity index is 6960. The minimum absolute atomic E-state index is 0.0200. The predicted molar refractivity (Wildman–Crippen MR) is 565 cm³/mol. The molecule has 4 atom stereocenters. The normalized spacial score (nSPS) is 19.0. The number of hydrogen-bond donors (Lipinski definition) is 9. The zero-order valence-corrected chi connectivity index (χ0v) is 87.3. The number of piperidine rings is 4. The average Bonchev–Trinajstić information content (AvgIpc) is 1.61. The Kier molecular flexibility index (Phi) is 30.3. The fourth-order valence-corrected chi connectivity index (χ4v) is 24.9. The number of aliphatic hydroxyl groups is 5. The van der Waals surface area contributed by atoms with Crippen LogP contribution >= 0.6 is 92.8 Å². The first-order chi connectivity index (χ1) is 67.1. The van der Waals surface area contributed by atoms with E-state index in [1.54, 1.807) is 45.0 Å². The number of hydrogen-bond acceptors (Lipinski definition) is 24. The number of Topliss-reactive ketones (excluding diaryl/α,β-unsaturated/α-hetero) is 1. The van der Waals surface area contributed by atoms with E-state index in [1.165, 1.54) is 39.6 Å². The lowest BCUT2D eigenvalue weighted by Gasteiger charge is -2.43. The van der Waals surface area contributed by atoms with Gasteiger partial charge in [0.2, 0.25) is 0 Å². The minimum atomic E-state index is -3.11. The van der Waals surface area contributed by atoms with Gasteiger partial charge in [0.25, 0.3) is 0 Å². The molecule has 0 bridgehead atoms. The van der Waals surface area contributed by atoms with E-state index in [1.807, 2.05) is 113 Å². The lowest BCUT2D eigenvalue weighted by Crippen LogP contribution is -2.45. The standard InChI is InChI=1S/C28H32Cl2N4O2.C27H30Cl2N4O3S.C27H28Cl2N4O2.C26H28Cl2N4O/c1-16-24(19-5-4-6-21(29)23(19)30)33-22(15-35)26(32-16)34-11-9-28(10-12-34)14-17-7-8-18(27(2,3)36)13-20(17)25(28)31;1-16-24(19-4-3-5-21(28)23(19)29)32-22(14-34)26(31-16)33-10-8-27(9-11-33)13-18-7-6-17(15-37(2,35)36)12-20(18)25(27)30;1-15-24(19-4-3-5-21(28)23(19)29)32-22(14-34)26(31-15)33-10-8-27(9-11-33)13-18-7-6-17(16(2)35)12-20(18)25(27)30;1-15-6-7-17-13-26(24(29)19(17)12-15)8-10-32(11-9-26)25-21(14-33)31-23(16(2)30-25)18-4-3-5-20(27)22(18)28/h4-8,13,25,35-36H,9-12,14-15,31H2,1-3H3;3-7,12,25,34H,8-11,13-15,30H2,1-2H3;3-7,12,25,34H,8-11,13-14,30H2,1-2H3;3-7,12,24,33H,8-11,13-14,29H2,1-2H3/t3*25-;24-/m1111/s1. The van der Waals surface area contributed by atoms with Crippen LogP contribution in [0.15, 0.2) is 146 Å². The van der Waals surface area contributed by atoms with Gasteiger partial charge in [-0.2, -0.15) is 0 Å². The minimum Gasteiger partial charge on any atom is -0.390 e. The lowest BCUT2D eigenvalue weighted by molar-refractivity contribution is 0.0784. The number of sulfone groups is 1. The van der Waals surface area contributed by atoms with Crippen LogP contribution in [0.1, 0.15) is 213 Å². The molecule has 0 radical (unpaired) electrons. The Morgan fingerprint density at radius 1 is 0.383 bits per heavy atom. The maximum Gasteiger partial charge on any atom is 0.159 e. The zero-order chi connectivity index (χ0) is 101. The summed E-state index contributed by atoms with van der Waals surface area (Å²) in [6, 6.07) is 46.1. The van der Waals surface area contributed by atoms with Crippen LogP contribution in [0.4, 0.5) is 23.3 Å². The molecule has 4 aliphatic heterocycles. The molecular weight excluding hydrogens is 1960 g/mol. The molecule has 4 saturated heterocycles. The van der Waals surface area contributed by atoms with Crippen LogP contribution < -0.4 is 42.5 Å². The number of benzene rings is 8. The molecule has 0 amide bonds. The van der Waals surface area contributed by atoms with Crippen LogP contribution in [0.25, 0.3) is 45.0 Å². The van der Waals surface area contributed by atoms with Crippen LogP contribution in [-0.2, 0) is 73.3 Å². The molecular formula is C108H118Cl8N16O8S. The van der Waals surface area contributed by atoms with E-state index in [4.69, 9.17) is 156 Å². The number of anilines is 4. The van der Waals surface area contributed by atoms with Crippen LogP contribution in [0, 0.1) is 56.3 Å². The first-order valence-electron chi connectivity index (χ1n) is 47.7. The highest BCUT2D eigenvalue weighted by atomic mass is 35.5. The molecule has 24 nitrogen and oxygen atoms in total. The van der Waals surface area contributed by atoms with Crippen LogP contribution in [0.5, 0.6) is 0 Å². The van der Waals surface area contributed by atoms with Crippen LogP contribution in [0.3, 0.4) is 0 Å². The van der Waals surface area contributed by atoms with Gasteiger partial charge in [-0.1, -0.05) is 214 Å². The second-order valence-electron chi connectivity index (χ2n) is 40.0. The second kappa shape index (κ2) is 41.4. The monoisotopic (exact) mass is 2080 g/mol. The number of aromatic nitrogens is 8. The molecule has 8 aromatic carbocycles. The third-order valence-corrected chi connectivity index (χ3v) is 34.8. The Morgan fingerprint density at radius 2 is 0.652 bits per heavy atom. The number of aliphatic hydroxyl groups excluding tert-OH is 4. The van der Waals surface area contributed by atoms with Crippen molar-refractivity contribution in [1.82, 2.24) is 39.9 Å². The summed E-state index contributed by atoms with van der Waals surface area (Å²) in [7, 11) is -3.11. The molecule has 4 spiro atoms. The maximum absolute atomic E-state index is 11.9. The van der Waals surface area contributed by atoms with Gasteiger partial charge in [0.15, 0.2) is 38.9 Å². The third kappa shape index (κ3) is 20.5. The average molecular weight is 2080 g/mol. The third-order valence-electron chi connectivity index (χ3n) is 30.6. The van der Waals surface area contributed by atoms with Gasteiger partial charge in [-0.05, 0) is 240 Å². The van der Waals surface area contributed by atoms with Gasteiger partial charge >= 0.3 is 0 Å². The molecule has 4 aliphatic carbocycles. The molecule has 12 aromatic rings. The Hall–Kier alpha value is -9.14. The fraction of sp³-hybridized carbons (Fsp3) is 0.398. The van der Waals surface area contributed by atoms with E-state index >= 15 is 0 Å². The number of rotatable bonds is 16. The summed E-state index contributed by atoms with van der Waals surface area (Å²) in [6.45, 7) is 20.2. The largest absolute Gasteiger partial charge is 0.390 e. The summed E-state index contributed by atoms with van der Waals surface area (Å²) < 4.78 is 23.6. The molecule has 13 N–H and O–H groups in total. The van der Waals surface area contributed by atoms with E-state index in [2.05, 4.69) is 62.9 Å². The van der Waals surface area contributed by atoms with Crippen molar-refractivity contribution in [2.75, 3.05) is 78.2 Å². The zero-order valence-electron chi connectivity index (χ0n) is 80.4. The molecule has 4 fully saturated rings. The summed E-state index contributed by atoms with van der Waals surface area (Å²) >= 11 is 50.6. The molecule has 33 heteroatoms. The first-order valence-corrected chi connectivity index (χ1v) is 52.8. The van der Waals surface area contributed by atoms with Gasteiger partial charge in [-0.15, -0.1) is 0 Å². The van der Waals surface area contributed by atoms with E-state index in [0.717, 1.165) is 186 Å². The van der Waals surface area contributed by atoms with Crippen molar-refractivity contribution in [2.24, 2.45) is 44.6 Å². The number of nitrogens with two attached hydrogens (primary N) is 4. The molecule has 0 unspecified atom stereocenters. The van der Waals surface area contributed by atoms with Crippen molar-refractivity contribution in [1.29, 1.82) is 0 Å². The number of fused-ring (bicyclic) bond motifs is 4. The van der Waals surface area contributed by atoms with E-state index in [0.29, 0.717) is 131 Å². The Balaban J connectivity index is 0.000000130. The highest BCUT2D eigenvalue weighted by molar-refractivity contribution is 7.89. The smallest absolute Gasteiger partial charge is 0.159 e. The van der Waals surface area contributed by atoms with Gasteiger partial charge in [0.05, 0.1) is 124 Å². The maximum atomic E-state index is 11.9. The summed E-state index contributed by atoms with van der Waals surface area (Å²) in [6.07, 6.45) is 12.3. The van der Waals surface area contributed by atoms with Crippen molar-refractivity contribution in [3.63, 3.8) is 0 Å². The Morgan fingerprint density at radius 3 is 0.936 bits per heavy atom. The van der Waals surface area contributed by atoms with Crippen molar-refractivity contribution < 1.29 is 38.7 Å². The molecule has 740 valence electrons. The summed E-state index contributed by atoms with van der Waals surface area (Å²) in [5, 5.41) is 54.6. The summed E-state index contributed by atoms with van der Waals surface area (Å²) in [4.78, 5) is 59.1. The number of aryl methyl sites for hydroxylation is 5. The van der Waals surface area contributed by atoms with Gasteiger partial charge in [-0.25, -0.2) is 48.3 Å². The summed E-state index contributed by atoms with van der Waals surface area (Å²) in [5.74, 6) is 2.91. The second-order valence-corrected chi connectivity index (χ2v) is 45.3. The van der Waals surface area contributed by atoms with Gasteiger partial charge in [0, 0.05) is 111 Å². The van der Waals surface area contributed by atoms with Crippen LogP contribution in [-0.4, -0.2) is 138 Å². The van der Waals surface area contributed by atoms with Crippen molar-refractivity contribution in [2.45, 2.75) is 194 Å². The van der Waals surface area contributed by atoms with Crippen LogP contribution in [0.2, 0.25) is 40.2 Å². The van der Waals surface area contributed by atoms with E-state index < -0.39 is 15.4 Å². The van der Waals surface area contributed by atoms with E-state index in [9.17, 15) is 38.7 Å². The van der Waals surface area contributed by atoms with Gasteiger partial charge in [-0.3, -0.25) is 4.79 Å². The number of ketones is 1. The highest BCUT2D eigenvalue weighted by Crippen LogP contribution is 2.57. The lowest BCUT2D eigenvalue weighted by atomic mass is 9.73. The number of halogens is 8. The Labute approximate surface area is 863 Å². The first kappa shape index (κ1) is 103. The molecule has 141 heavy (non-hydrogen) atoms. The topological polar surface area (TPSA) is 373 Å². The van der Waals surface area contributed by atoms with Gasteiger partial charge < -0.3 is 68.1 Å².